The van der Waals surface area contributed by atoms with Gasteiger partial charge in [0.2, 0.25) is 5.91 Å². The van der Waals surface area contributed by atoms with E-state index in [1.165, 1.54) is 0 Å². The van der Waals surface area contributed by atoms with Gasteiger partial charge in [0.05, 0.1) is 10.8 Å². The molecule has 0 spiro atoms. The van der Waals surface area contributed by atoms with Crippen molar-refractivity contribution in [2.24, 2.45) is 10.8 Å². The zero-order valence-electron chi connectivity index (χ0n) is 11.6. The Morgan fingerprint density at radius 2 is 1.89 bits per heavy atom. The first-order valence-electron chi connectivity index (χ1n) is 7.21. The highest BCUT2D eigenvalue weighted by Gasteiger charge is 2.43. The van der Waals surface area contributed by atoms with Crippen molar-refractivity contribution in [3.63, 3.8) is 0 Å². The Morgan fingerprint density at radius 3 is 2.42 bits per heavy atom. The van der Waals surface area contributed by atoms with E-state index in [0.29, 0.717) is 19.4 Å². The molecule has 1 heterocycles. The summed E-state index contributed by atoms with van der Waals surface area (Å²) < 4.78 is 0. The number of nitrogens with one attached hydrogen (secondary N) is 2. The van der Waals surface area contributed by atoms with Crippen LogP contribution >= 0.6 is 0 Å². The smallest absolute Gasteiger partial charge is 0.311 e. The third kappa shape index (κ3) is 2.91. The minimum absolute atomic E-state index is 0.00720. The standard InChI is InChI=1S/C14H24N2O3/c1-13(5-4-8-15-9-13)11(17)16-10-14(12(18)19)6-2-3-7-14/h15H,2-10H2,1H3,(H,16,17)(H,18,19). The van der Waals surface area contributed by atoms with Gasteiger partial charge in [-0.25, -0.2) is 0 Å². The molecule has 0 radical (unpaired) electrons. The van der Waals surface area contributed by atoms with Crippen LogP contribution in [-0.2, 0) is 9.59 Å². The summed E-state index contributed by atoms with van der Waals surface area (Å²) in [4.78, 5) is 23.7. The van der Waals surface area contributed by atoms with E-state index in [-0.39, 0.29) is 12.5 Å². The van der Waals surface area contributed by atoms with Crippen LogP contribution < -0.4 is 10.6 Å². The van der Waals surface area contributed by atoms with E-state index in [0.717, 1.165) is 32.2 Å². The van der Waals surface area contributed by atoms with Crippen molar-refractivity contribution in [1.29, 1.82) is 0 Å². The molecule has 1 atom stereocenters. The van der Waals surface area contributed by atoms with E-state index in [1.54, 1.807) is 0 Å². The van der Waals surface area contributed by atoms with Gasteiger partial charge in [-0.3, -0.25) is 9.59 Å². The lowest BCUT2D eigenvalue weighted by Crippen LogP contribution is -2.51. The minimum Gasteiger partial charge on any atom is -0.481 e. The third-order valence-electron chi connectivity index (χ3n) is 4.75. The quantitative estimate of drug-likeness (QED) is 0.714. The molecule has 1 amide bonds. The monoisotopic (exact) mass is 268 g/mol. The zero-order valence-corrected chi connectivity index (χ0v) is 11.6. The number of hydrogen-bond acceptors (Lipinski definition) is 3. The lowest BCUT2D eigenvalue weighted by Gasteiger charge is -2.34. The Hall–Kier alpha value is -1.10. The van der Waals surface area contributed by atoms with Crippen LogP contribution in [0.4, 0.5) is 0 Å². The van der Waals surface area contributed by atoms with Crippen LogP contribution in [0.1, 0.15) is 45.4 Å². The van der Waals surface area contributed by atoms with Crippen molar-refractivity contribution in [2.75, 3.05) is 19.6 Å². The summed E-state index contributed by atoms with van der Waals surface area (Å²) in [5.41, 5.74) is -1.12. The molecule has 0 bridgehead atoms. The molecular weight excluding hydrogens is 244 g/mol. The average Bonchev–Trinajstić information content (AvgIpc) is 2.87. The molecule has 1 aliphatic heterocycles. The van der Waals surface area contributed by atoms with E-state index in [2.05, 4.69) is 10.6 Å². The van der Waals surface area contributed by atoms with E-state index < -0.39 is 16.8 Å². The van der Waals surface area contributed by atoms with Crippen LogP contribution in [0.2, 0.25) is 0 Å². The molecule has 5 nitrogen and oxygen atoms in total. The highest BCUT2D eigenvalue weighted by molar-refractivity contribution is 5.84. The summed E-state index contributed by atoms with van der Waals surface area (Å²) in [6.45, 7) is 3.87. The molecule has 0 aromatic carbocycles. The molecular formula is C14H24N2O3. The number of aliphatic carboxylic acids is 1. The fourth-order valence-corrected chi connectivity index (χ4v) is 3.23. The number of rotatable bonds is 4. The fourth-order valence-electron chi connectivity index (χ4n) is 3.23. The second kappa shape index (κ2) is 5.49. The van der Waals surface area contributed by atoms with E-state index in [4.69, 9.17) is 0 Å². The van der Waals surface area contributed by atoms with Crippen molar-refractivity contribution in [1.82, 2.24) is 10.6 Å². The van der Waals surface area contributed by atoms with Gasteiger partial charge in [0.25, 0.3) is 0 Å². The normalized spacial score (nSPS) is 29.9. The van der Waals surface area contributed by atoms with Gasteiger partial charge in [-0.05, 0) is 39.2 Å². The Morgan fingerprint density at radius 1 is 1.21 bits per heavy atom. The number of carboxylic acids is 1. The van der Waals surface area contributed by atoms with E-state index in [9.17, 15) is 14.7 Å². The summed E-state index contributed by atoms with van der Waals surface area (Å²) in [6, 6.07) is 0. The Kier molecular flexibility index (Phi) is 4.13. The van der Waals surface area contributed by atoms with Gasteiger partial charge in [-0.1, -0.05) is 12.8 Å². The number of carboxylic acid groups (broad SMARTS) is 1. The SMILES string of the molecule is CC1(C(=O)NCC2(C(=O)O)CCCC2)CCCNC1. The van der Waals surface area contributed by atoms with Gasteiger partial charge in [0.15, 0.2) is 0 Å². The number of piperidine rings is 1. The summed E-state index contributed by atoms with van der Waals surface area (Å²) >= 11 is 0. The lowest BCUT2D eigenvalue weighted by molar-refractivity contribution is -0.149. The van der Waals surface area contributed by atoms with Gasteiger partial charge in [0, 0.05) is 13.1 Å². The van der Waals surface area contributed by atoms with Gasteiger partial charge in [-0.15, -0.1) is 0 Å². The van der Waals surface area contributed by atoms with Crippen molar-refractivity contribution in [3.8, 4) is 0 Å². The van der Waals surface area contributed by atoms with Crippen molar-refractivity contribution < 1.29 is 14.7 Å². The molecule has 1 saturated carbocycles. The lowest BCUT2D eigenvalue weighted by atomic mass is 9.81. The van der Waals surface area contributed by atoms with Crippen molar-refractivity contribution in [2.45, 2.75) is 45.4 Å². The van der Waals surface area contributed by atoms with Crippen LogP contribution in [0.3, 0.4) is 0 Å². The fraction of sp³-hybridized carbons (Fsp3) is 0.857. The van der Waals surface area contributed by atoms with Gasteiger partial charge < -0.3 is 15.7 Å². The van der Waals surface area contributed by atoms with E-state index in [1.807, 2.05) is 6.92 Å². The summed E-state index contributed by atoms with van der Waals surface area (Å²) in [5, 5.41) is 15.5. The van der Waals surface area contributed by atoms with Crippen molar-refractivity contribution in [3.05, 3.63) is 0 Å². The molecule has 2 rings (SSSR count). The van der Waals surface area contributed by atoms with Gasteiger partial charge in [0.1, 0.15) is 0 Å². The maximum atomic E-state index is 12.3. The highest BCUT2D eigenvalue weighted by atomic mass is 16.4. The number of carbonyl (C=O) groups is 2. The van der Waals surface area contributed by atoms with Crippen LogP contribution in [0.25, 0.3) is 0 Å². The molecule has 2 aliphatic rings. The van der Waals surface area contributed by atoms with Gasteiger partial charge >= 0.3 is 5.97 Å². The predicted molar refractivity (Wildman–Crippen MR) is 71.8 cm³/mol. The van der Waals surface area contributed by atoms with Crippen LogP contribution in [0.15, 0.2) is 0 Å². The maximum Gasteiger partial charge on any atom is 0.311 e. The number of hydrogen-bond donors (Lipinski definition) is 3. The number of carbonyl (C=O) groups excluding carboxylic acids is 1. The Balaban J connectivity index is 1.93. The molecule has 1 unspecified atom stereocenters. The topological polar surface area (TPSA) is 78.4 Å². The minimum atomic E-state index is -0.766. The average molecular weight is 268 g/mol. The van der Waals surface area contributed by atoms with Gasteiger partial charge in [-0.2, -0.15) is 0 Å². The Labute approximate surface area is 114 Å². The highest BCUT2D eigenvalue weighted by Crippen LogP contribution is 2.38. The molecule has 5 heteroatoms. The molecule has 1 aliphatic carbocycles. The summed E-state index contributed by atoms with van der Waals surface area (Å²) in [7, 11) is 0. The third-order valence-corrected chi connectivity index (χ3v) is 4.75. The first-order chi connectivity index (χ1) is 8.99. The molecule has 2 fully saturated rings. The Bertz CT molecular complexity index is 356. The molecule has 19 heavy (non-hydrogen) atoms. The molecule has 108 valence electrons. The second-order valence-electron chi connectivity index (χ2n) is 6.32. The zero-order chi connectivity index (χ0) is 13.9. The van der Waals surface area contributed by atoms with Crippen molar-refractivity contribution >= 4 is 11.9 Å². The van der Waals surface area contributed by atoms with E-state index >= 15 is 0 Å². The predicted octanol–water partition coefficient (Wildman–Crippen LogP) is 1.14. The van der Waals surface area contributed by atoms with Crippen LogP contribution in [0, 0.1) is 10.8 Å². The molecule has 3 N–H and O–H groups in total. The largest absolute Gasteiger partial charge is 0.481 e. The summed E-state index contributed by atoms with van der Waals surface area (Å²) in [6.07, 6.45) is 5.11. The maximum absolute atomic E-state index is 12.3. The molecule has 0 aromatic heterocycles. The second-order valence-corrected chi connectivity index (χ2v) is 6.32. The first kappa shape index (κ1) is 14.3. The first-order valence-corrected chi connectivity index (χ1v) is 7.21. The van der Waals surface area contributed by atoms with Crippen LogP contribution in [0.5, 0.6) is 0 Å². The molecule has 1 saturated heterocycles. The number of amides is 1. The molecule has 0 aromatic rings. The summed E-state index contributed by atoms with van der Waals surface area (Å²) in [5.74, 6) is -0.774. The van der Waals surface area contributed by atoms with Crippen LogP contribution in [-0.4, -0.2) is 36.6 Å².